The fourth-order valence-electron chi connectivity index (χ4n) is 2.03. The predicted octanol–water partition coefficient (Wildman–Crippen LogP) is 0.790. The molecule has 0 spiro atoms. The van der Waals surface area contributed by atoms with E-state index in [0.29, 0.717) is 19.0 Å². The van der Waals surface area contributed by atoms with Crippen molar-refractivity contribution in [1.29, 1.82) is 0 Å². The summed E-state index contributed by atoms with van der Waals surface area (Å²) in [7, 11) is -8.40. The average molecular weight is 373 g/mol. The van der Waals surface area contributed by atoms with Gasteiger partial charge in [-0.05, 0) is 35.0 Å². The Balaban J connectivity index is 1.77. The molecule has 1 atom stereocenters. The lowest BCUT2D eigenvalue weighted by atomic mass is 10.1. The SMILES string of the molecule is CS(=O)(=O)NS(=O)(=O)Oc1ccc2cc(OCC3CO3)ccc2c1. The van der Waals surface area contributed by atoms with E-state index in [1.54, 1.807) is 18.2 Å². The molecular formula is C14H15NO7S2. The molecule has 0 radical (unpaired) electrons. The molecule has 2 aromatic carbocycles. The molecule has 24 heavy (non-hydrogen) atoms. The van der Waals surface area contributed by atoms with E-state index < -0.39 is 20.3 Å². The van der Waals surface area contributed by atoms with E-state index in [0.717, 1.165) is 17.0 Å². The van der Waals surface area contributed by atoms with Crippen LogP contribution in [0.2, 0.25) is 0 Å². The Kier molecular flexibility index (Phi) is 4.38. The Morgan fingerprint density at radius 1 is 1.08 bits per heavy atom. The molecule has 1 aliphatic heterocycles. The lowest BCUT2D eigenvalue weighted by Crippen LogP contribution is -2.33. The van der Waals surface area contributed by atoms with Gasteiger partial charge in [-0.3, -0.25) is 0 Å². The molecule has 0 saturated carbocycles. The van der Waals surface area contributed by atoms with Crippen LogP contribution in [0.25, 0.3) is 10.8 Å². The van der Waals surface area contributed by atoms with Gasteiger partial charge in [-0.15, -0.1) is 0 Å². The number of epoxide rings is 1. The number of hydrogen-bond donors (Lipinski definition) is 1. The largest absolute Gasteiger partial charge is 0.491 e. The highest BCUT2D eigenvalue weighted by Crippen LogP contribution is 2.26. The second kappa shape index (κ2) is 6.20. The Labute approximate surface area is 139 Å². The highest BCUT2D eigenvalue weighted by Gasteiger charge is 2.23. The molecule has 0 aliphatic carbocycles. The molecule has 1 aliphatic rings. The van der Waals surface area contributed by atoms with Crippen LogP contribution in [0, 0.1) is 0 Å². The summed E-state index contributed by atoms with van der Waals surface area (Å²) in [6.45, 7) is 1.20. The summed E-state index contributed by atoms with van der Waals surface area (Å²) >= 11 is 0. The number of nitrogens with one attached hydrogen (secondary N) is 1. The average Bonchev–Trinajstić information content (AvgIpc) is 3.26. The topological polar surface area (TPSA) is 111 Å². The minimum Gasteiger partial charge on any atom is -0.491 e. The maximum absolute atomic E-state index is 11.6. The van der Waals surface area contributed by atoms with E-state index in [1.807, 2.05) is 6.07 Å². The van der Waals surface area contributed by atoms with E-state index in [1.165, 1.54) is 16.3 Å². The van der Waals surface area contributed by atoms with Crippen molar-refractivity contribution in [3.05, 3.63) is 36.4 Å². The molecule has 1 saturated heterocycles. The standard InChI is InChI=1S/C14H15NO7S2/c1-23(16,17)15-24(18,19)22-13-5-3-10-6-12(4-2-11(10)7-13)20-8-14-9-21-14/h2-7,14-15H,8-9H2,1H3. The summed E-state index contributed by atoms with van der Waals surface area (Å²) < 4.78 is 62.1. The molecule has 1 heterocycles. The fourth-order valence-corrected chi connectivity index (χ4v) is 4.00. The lowest BCUT2D eigenvalue weighted by Gasteiger charge is -2.09. The lowest BCUT2D eigenvalue weighted by molar-refractivity contribution is 0.263. The van der Waals surface area contributed by atoms with Crippen LogP contribution in [0.5, 0.6) is 11.5 Å². The second-order valence-corrected chi connectivity index (χ2v) is 8.62. The monoisotopic (exact) mass is 373 g/mol. The predicted molar refractivity (Wildman–Crippen MR) is 86.7 cm³/mol. The maximum atomic E-state index is 11.6. The molecule has 1 N–H and O–H groups in total. The molecule has 2 aromatic rings. The van der Waals surface area contributed by atoms with Gasteiger partial charge in [-0.25, -0.2) is 8.42 Å². The third kappa shape index (κ3) is 4.81. The smallest absolute Gasteiger partial charge is 0.395 e. The van der Waals surface area contributed by atoms with Gasteiger partial charge in [0.05, 0.1) is 12.9 Å². The van der Waals surface area contributed by atoms with Gasteiger partial charge < -0.3 is 13.7 Å². The van der Waals surface area contributed by atoms with Crippen molar-refractivity contribution >= 4 is 31.1 Å². The second-order valence-electron chi connectivity index (χ2n) is 5.33. The van der Waals surface area contributed by atoms with Crippen molar-refractivity contribution in [2.45, 2.75) is 6.10 Å². The minimum absolute atomic E-state index is 0.00120. The Bertz CT molecular complexity index is 966. The van der Waals surface area contributed by atoms with Crippen molar-refractivity contribution in [2.75, 3.05) is 19.5 Å². The highest BCUT2D eigenvalue weighted by atomic mass is 32.3. The zero-order valence-corrected chi connectivity index (χ0v) is 14.3. The zero-order chi connectivity index (χ0) is 17.4. The summed E-state index contributed by atoms with van der Waals surface area (Å²) in [6, 6.07) is 9.88. The summed E-state index contributed by atoms with van der Waals surface area (Å²) in [5.41, 5.74) is 0. The first-order chi connectivity index (χ1) is 11.2. The van der Waals surface area contributed by atoms with Crippen LogP contribution in [-0.2, 0) is 25.1 Å². The minimum atomic E-state index is -4.46. The van der Waals surface area contributed by atoms with Crippen molar-refractivity contribution in [3.63, 3.8) is 0 Å². The van der Waals surface area contributed by atoms with Crippen molar-refractivity contribution in [1.82, 2.24) is 4.13 Å². The number of rotatable bonds is 7. The quantitative estimate of drug-likeness (QED) is 0.714. The van der Waals surface area contributed by atoms with Crippen molar-refractivity contribution in [3.8, 4) is 11.5 Å². The van der Waals surface area contributed by atoms with Gasteiger partial charge in [0, 0.05) is 0 Å². The van der Waals surface area contributed by atoms with Crippen LogP contribution in [0.1, 0.15) is 0 Å². The first-order valence-electron chi connectivity index (χ1n) is 6.91. The van der Waals surface area contributed by atoms with Gasteiger partial charge in [0.1, 0.15) is 24.2 Å². The normalized spacial score (nSPS) is 17.6. The fraction of sp³-hybridized carbons (Fsp3) is 0.286. The van der Waals surface area contributed by atoms with Gasteiger partial charge in [0.15, 0.2) is 0 Å². The molecule has 10 heteroatoms. The third-order valence-corrected chi connectivity index (χ3v) is 5.52. The molecule has 3 rings (SSSR count). The maximum Gasteiger partial charge on any atom is 0.395 e. The van der Waals surface area contributed by atoms with Gasteiger partial charge in [0.25, 0.3) is 0 Å². The molecule has 0 bridgehead atoms. The molecule has 0 amide bonds. The Hall–Kier alpha value is -1.88. The first kappa shape index (κ1) is 17.0. The van der Waals surface area contributed by atoms with Crippen LogP contribution in [-0.4, -0.2) is 42.4 Å². The number of benzene rings is 2. The molecule has 1 unspecified atom stereocenters. The molecule has 1 fully saturated rings. The van der Waals surface area contributed by atoms with E-state index in [9.17, 15) is 16.8 Å². The van der Waals surface area contributed by atoms with Gasteiger partial charge in [-0.1, -0.05) is 16.3 Å². The van der Waals surface area contributed by atoms with E-state index >= 15 is 0 Å². The van der Waals surface area contributed by atoms with Crippen LogP contribution >= 0.6 is 0 Å². The van der Waals surface area contributed by atoms with E-state index in [4.69, 9.17) is 13.7 Å². The van der Waals surface area contributed by atoms with Crippen LogP contribution in [0.15, 0.2) is 36.4 Å². The van der Waals surface area contributed by atoms with Crippen LogP contribution in [0.3, 0.4) is 0 Å². The zero-order valence-electron chi connectivity index (χ0n) is 12.6. The highest BCUT2D eigenvalue weighted by molar-refractivity contribution is 8.02. The van der Waals surface area contributed by atoms with Crippen molar-refractivity contribution in [2.24, 2.45) is 0 Å². The molecule has 8 nitrogen and oxygen atoms in total. The molecular weight excluding hydrogens is 358 g/mol. The third-order valence-electron chi connectivity index (χ3n) is 3.08. The number of sulfonamides is 1. The number of hydrogen-bond acceptors (Lipinski definition) is 7. The summed E-state index contributed by atoms with van der Waals surface area (Å²) in [5.74, 6) is 0.678. The summed E-state index contributed by atoms with van der Waals surface area (Å²) in [6.07, 6.45) is 0.881. The van der Waals surface area contributed by atoms with Crippen LogP contribution < -0.4 is 13.0 Å². The van der Waals surface area contributed by atoms with E-state index in [2.05, 4.69) is 0 Å². The summed E-state index contributed by atoms with van der Waals surface area (Å²) in [4.78, 5) is 0. The van der Waals surface area contributed by atoms with Crippen molar-refractivity contribution < 1.29 is 30.5 Å². The molecule has 0 aromatic heterocycles. The number of ether oxygens (including phenoxy) is 2. The van der Waals surface area contributed by atoms with Gasteiger partial charge >= 0.3 is 10.3 Å². The van der Waals surface area contributed by atoms with Gasteiger partial charge in [-0.2, -0.15) is 8.42 Å². The van der Waals surface area contributed by atoms with Crippen LogP contribution in [0.4, 0.5) is 0 Å². The number of fused-ring (bicyclic) bond motifs is 1. The summed E-state index contributed by atoms with van der Waals surface area (Å²) in [5, 5.41) is 1.54. The van der Waals surface area contributed by atoms with Gasteiger partial charge in [0.2, 0.25) is 10.0 Å². The first-order valence-corrected chi connectivity index (χ1v) is 10.2. The van der Waals surface area contributed by atoms with E-state index in [-0.39, 0.29) is 11.9 Å². The molecule has 130 valence electrons. The Morgan fingerprint density at radius 3 is 2.25 bits per heavy atom. The Morgan fingerprint density at radius 2 is 1.67 bits per heavy atom.